The van der Waals surface area contributed by atoms with Gasteiger partial charge in [-0.1, -0.05) is 36.4 Å². The Hall–Kier alpha value is -3.27. The van der Waals surface area contributed by atoms with Crippen LogP contribution in [0.1, 0.15) is 28.5 Å². The molecule has 0 amide bonds. The summed E-state index contributed by atoms with van der Waals surface area (Å²) in [6.45, 7) is 6.05. The third-order valence-electron chi connectivity index (χ3n) is 4.92. The van der Waals surface area contributed by atoms with Crippen molar-refractivity contribution in [2.24, 2.45) is 0 Å². The van der Waals surface area contributed by atoms with E-state index < -0.39 is 0 Å². The quantitative estimate of drug-likeness (QED) is 0.506. The third-order valence-corrected chi connectivity index (χ3v) is 4.92. The van der Waals surface area contributed by atoms with Gasteiger partial charge in [-0.05, 0) is 44.5 Å². The first kappa shape index (κ1) is 17.2. The first-order valence-corrected chi connectivity index (χ1v) is 9.02. The van der Waals surface area contributed by atoms with Crippen LogP contribution < -0.4 is 0 Å². The van der Waals surface area contributed by atoms with Gasteiger partial charge in [-0.2, -0.15) is 0 Å². The van der Waals surface area contributed by atoms with Crippen molar-refractivity contribution < 1.29 is 14.6 Å². The Morgan fingerprint density at radius 2 is 1.74 bits per heavy atom. The maximum atomic E-state index is 12.7. The highest BCUT2D eigenvalue weighted by Gasteiger charge is 2.24. The zero-order chi connectivity index (χ0) is 19.1. The lowest BCUT2D eigenvalue weighted by atomic mass is 10.0. The van der Waals surface area contributed by atoms with Crippen molar-refractivity contribution in [1.82, 2.24) is 4.57 Å². The van der Waals surface area contributed by atoms with E-state index in [9.17, 15) is 9.90 Å². The number of phenolic OH excluding ortho intramolecular Hbond substituents is 1. The van der Waals surface area contributed by atoms with Crippen LogP contribution in [0.4, 0.5) is 0 Å². The zero-order valence-electron chi connectivity index (χ0n) is 15.6. The second-order valence-corrected chi connectivity index (χ2v) is 6.69. The van der Waals surface area contributed by atoms with Gasteiger partial charge in [0.05, 0.1) is 17.7 Å². The van der Waals surface area contributed by atoms with E-state index in [1.54, 1.807) is 13.0 Å². The molecular formula is C23H21NO3. The van der Waals surface area contributed by atoms with Crippen molar-refractivity contribution in [2.45, 2.75) is 20.8 Å². The van der Waals surface area contributed by atoms with Crippen molar-refractivity contribution >= 4 is 27.6 Å². The number of benzene rings is 3. The van der Waals surface area contributed by atoms with E-state index in [1.165, 1.54) is 0 Å². The lowest BCUT2D eigenvalue weighted by Gasteiger charge is -2.12. The maximum Gasteiger partial charge on any atom is 0.340 e. The van der Waals surface area contributed by atoms with Crippen molar-refractivity contribution in [3.63, 3.8) is 0 Å². The molecule has 0 atom stereocenters. The Balaban J connectivity index is 2.20. The Kier molecular flexibility index (Phi) is 4.11. The number of rotatable bonds is 3. The van der Waals surface area contributed by atoms with Gasteiger partial charge in [-0.15, -0.1) is 0 Å². The average Bonchev–Trinajstić information content (AvgIpc) is 2.94. The van der Waals surface area contributed by atoms with Crippen LogP contribution in [-0.2, 0) is 4.74 Å². The van der Waals surface area contributed by atoms with Crippen LogP contribution >= 0.6 is 0 Å². The third kappa shape index (κ3) is 2.65. The molecule has 27 heavy (non-hydrogen) atoms. The van der Waals surface area contributed by atoms with Crippen molar-refractivity contribution in [1.29, 1.82) is 0 Å². The molecule has 0 aliphatic heterocycles. The second kappa shape index (κ2) is 6.47. The predicted molar refractivity (Wildman–Crippen MR) is 108 cm³/mol. The number of esters is 1. The van der Waals surface area contributed by atoms with Gasteiger partial charge in [0.25, 0.3) is 0 Å². The molecule has 4 nitrogen and oxygen atoms in total. The van der Waals surface area contributed by atoms with E-state index in [-0.39, 0.29) is 11.7 Å². The van der Waals surface area contributed by atoms with Crippen molar-refractivity contribution in [3.8, 4) is 11.4 Å². The summed E-state index contributed by atoms with van der Waals surface area (Å²) in [4.78, 5) is 12.7. The molecule has 0 saturated carbocycles. The van der Waals surface area contributed by atoms with Gasteiger partial charge >= 0.3 is 5.97 Å². The van der Waals surface area contributed by atoms with Gasteiger partial charge in [-0.3, -0.25) is 0 Å². The number of aromatic hydroxyl groups is 1. The molecule has 136 valence electrons. The SMILES string of the molecule is CCOC(=O)c1c(C)n(-c2cccc(C)c2)c2c1cc(O)c1ccccc12. The molecule has 0 spiro atoms. The van der Waals surface area contributed by atoms with E-state index in [0.717, 1.165) is 33.2 Å². The lowest BCUT2D eigenvalue weighted by molar-refractivity contribution is 0.0527. The monoisotopic (exact) mass is 359 g/mol. The molecule has 1 heterocycles. The number of phenols is 1. The Morgan fingerprint density at radius 3 is 2.44 bits per heavy atom. The smallest absolute Gasteiger partial charge is 0.340 e. The fourth-order valence-corrected chi connectivity index (χ4v) is 3.80. The first-order valence-electron chi connectivity index (χ1n) is 9.02. The number of nitrogens with zero attached hydrogens (tertiary/aromatic N) is 1. The Bertz CT molecular complexity index is 1190. The number of aromatic nitrogens is 1. The summed E-state index contributed by atoms with van der Waals surface area (Å²) in [7, 11) is 0. The largest absolute Gasteiger partial charge is 0.507 e. The molecule has 1 N–H and O–H groups in total. The molecular weight excluding hydrogens is 338 g/mol. The van der Waals surface area contributed by atoms with Gasteiger partial charge < -0.3 is 14.4 Å². The highest BCUT2D eigenvalue weighted by molar-refractivity contribution is 6.16. The number of fused-ring (bicyclic) bond motifs is 3. The summed E-state index contributed by atoms with van der Waals surface area (Å²) in [6.07, 6.45) is 0. The number of carbonyl (C=O) groups excluding carboxylic acids is 1. The van der Waals surface area contributed by atoms with Gasteiger partial charge in [0.2, 0.25) is 0 Å². The zero-order valence-corrected chi connectivity index (χ0v) is 15.6. The number of ether oxygens (including phenoxy) is 1. The Labute approximate surface area is 157 Å². The molecule has 0 radical (unpaired) electrons. The summed E-state index contributed by atoms with van der Waals surface area (Å²) in [5.74, 6) is -0.217. The standard InChI is InChI=1S/C23H21NO3/c1-4-27-23(26)21-15(3)24(16-9-7-8-14(2)12-16)22-18-11-6-5-10-17(18)20(25)13-19(21)22/h5-13,25H,4H2,1-3H3. The minimum absolute atomic E-state index is 0.157. The van der Waals surface area contributed by atoms with Crippen LogP contribution in [-0.4, -0.2) is 22.2 Å². The van der Waals surface area contributed by atoms with E-state index in [1.807, 2.05) is 56.3 Å². The molecule has 0 saturated heterocycles. The van der Waals surface area contributed by atoms with Gasteiger partial charge in [0.15, 0.2) is 0 Å². The van der Waals surface area contributed by atoms with Gasteiger partial charge in [-0.25, -0.2) is 4.79 Å². The fourth-order valence-electron chi connectivity index (χ4n) is 3.80. The fraction of sp³-hybridized carbons (Fsp3) is 0.174. The van der Waals surface area contributed by atoms with Gasteiger partial charge in [0, 0.05) is 27.5 Å². The van der Waals surface area contributed by atoms with E-state index in [4.69, 9.17) is 4.74 Å². The molecule has 4 heteroatoms. The van der Waals surface area contributed by atoms with Gasteiger partial charge in [0.1, 0.15) is 5.75 Å². The van der Waals surface area contributed by atoms with E-state index >= 15 is 0 Å². The van der Waals surface area contributed by atoms with Crippen molar-refractivity contribution in [2.75, 3.05) is 6.61 Å². The summed E-state index contributed by atoms with van der Waals surface area (Å²) in [5.41, 5.74) is 4.30. The van der Waals surface area contributed by atoms with Crippen molar-refractivity contribution in [3.05, 3.63) is 71.4 Å². The van der Waals surface area contributed by atoms with Crippen LogP contribution in [0.25, 0.3) is 27.4 Å². The number of hydrogen-bond donors (Lipinski definition) is 1. The lowest BCUT2D eigenvalue weighted by Crippen LogP contribution is -2.07. The van der Waals surface area contributed by atoms with Crippen LogP contribution in [0.2, 0.25) is 0 Å². The number of hydrogen-bond acceptors (Lipinski definition) is 3. The minimum Gasteiger partial charge on any atom is -0.507 e. The van der Waals surface area contributed by atoms with Crippen LogP contribution in [0.5, 0.6) is 5.75 Å². The van der Waals surface area contributed by atoms with Crippen LogP contribution in [0.15, 0.2) is 54.6 Å². The topological polar surface area (TPSA) is 51.5 Å². The second-order valence-electron chi connectivity index (χ2n) is 6.69. The molecule has 0 aliphatic rings. The maximum absolute atomic E-state index is 12.7. The molecule has 4 rings (SSSR count). The van der Waals surface area contributed by atoms with E-state index in [0.29, 0.717) is 17.6 Å². The predicted octanol–water partition coefficient (Wildman–Crippen LogP) is 5.28. The van der Waals surface area contributed by atoms with E-state index in [2.05, 4.69) is 10.6 Å². The number of carbonyl (C=O) groups is 1. The van der Waals surface area contributed by atoms with Crippen LogP contribution in [0.3, 0.4) is 0 Å². The number of aryl methyl sites for hydroxylation is 1. The first-order chi connectivity index (χ1) is 13.0. The normalized spacial score (nSPS) is 11.2. The summed E-state index contributed by atoms with van der Waals surface area (Å²) in [6, 6.07) is 17.5. The Morgan fingerprint density at radius 1 is 1.00 bits per heavy atom. The molecule has 0 fully saturated rings. The minimum atomic E-state index is -0.374. The van der Waals surface area contributed by atoms with Crippen LogP contribution in [0, 0.1) is 13.8 Å². The molecule has 0 aliphatic carbocycles. The summed E-state index contributed by atoms with van der Waals surface area (Å²) >= 11 is 0. The summed E-state index contributed by atoms with van der Waals surface area (Å²) < 4.78 is 7.39. The average molecular weight is 359 g/mol. The highest BCUT2D eigenvalue weighted by atomic mass is 16.5. The molecule has 1 aromatic heterocycles. The summed E-state index contributed by atoms with van der Waals surface area (Å²) in [5, 5.41) is 12.9. The molecule has 0 unspecified atom stereocenters. The highest BCUT2D eigenvalue weighted by Crippen LogP contribution is 2.39. The molecule has 3 aromatic carbocycles. The molecule has 4 aromatic rings. The molecule has 0 bridgehead atoms.